The molecule has 1 aliphatic heterocycles. The van der Waals surface area contributed by atoms with E-state index in [-0.39, 0.29) is 11.9 Å². The molecule has 0 spiro atoms. The minimum Gasteiger partial charge on any atom is -0.450 e. The zero-order valence-corrected chi connectivity index (χ0v) is 14.7. The van der Waals surface area contributed by atoms with Gasteiger partial charge in [0.25, 0.3) is 0 Å². The molecular formula is C17H17ClN2O3S. The maximum Gasteiger partial charge on any atom is 0.410 e. The van der Waals surface area contributed by atoms with Crippen molar-refractivity contribution in [3.63, 3.8) is 0 Å². The summed E-state index contributed by atoms with van der Waals surface area (Å²) in [5.74, 6) is -0.166. The predicted octanol–water partition coefficient (Wildman–Crippen LogP) is 3.73. The molecule has 2 aromatic rings. The Kier molecular flexibility index (Phi) is 4.78. The predicted molar refractivity (Wildman–Crippen MR) is 94.8 cm³/mol. The lowest BCUT2D eigenvalue weighted by atomic mass is 9.96. The summed E-state index contributed by atoms with van der Waals surface area (Å²) in [4.78, 5) is 27.3. The maximum absolute atomic E-state index is 12.9. The van der Waals surface area contributed by atoms with Gasteiger partial charge in [-0.2, -0.15) is 0 Å². The number of amides is 1. The molecule has 1 aromatic carbocycles. The number of rotatable bonds is 3. The Labute approximate surface area is 149 Å². The molecular weight excluding hydrogens is 348 g/mol. The molecule has 0 fully saturated rings. The van der Waals surface area contributed by atoms with Gasteiger partial charge in [-0.25, -0.2) is 4.79 Å². The van der Waals surface area contributed by atoms with E-state index in [1.807, 2.05) is 0 Å². The largest absolute Gasteiger partial charge is 0.450 e. The molecule has 1 amide bonds. The maximum atomic E-state index is 12.9. The van der Waals surface area contributed by atoms with Crippen molar-refractivity contribution < 1.29 is 14.3 Å². The third-order valence-corrected chi connectivity index (χ3v) is 5.33. The van der Waals surface area contributed by atoms with E-state index < -0.39 is 0 Å². The van der Waals surface area contributed by atoms with Gasteiger partial charge in [0.1, 0.15) is 0 Å². The third kappa shape index (κ3) is 2.99. The van der Waals surface area contributed by atoms with Crippen molar-refractivity contribution in [1.82, 2.24) is 4.90 Å². The van der Waals surface area contributed by atoms with Gasteiger partial charge in [-0.05, 0) is 31.0 Å². The molecule has 0 unspecified atom stereocenters. The first-order chi connectivity index (χ1) is 11.5. The van der Waals surface area contributed by atoms with Crippen molar-refractivity contribution in [2.75, 3.05) is 18.9 Å². The van der Waals surface area contributed by atoms with E-state index >= 15 is 0 Å². The summed E-state index contributed by atoms with van der Waals surface area (Å²) in [6.45, 7) is 3.03. The van der Waals surface area contributed by atoms with Crippen molar-refractivity contribution in [2.45, 2.75) is 19.9 Å². The highest BCUT2D eigenvalue weighted by Crippen LogP contribution is 2.37. The average molecular weight is 365 g/mol. The van der Waals surface area contributed by atoms with Gasteiger partial charge in [0, 0.05) is 17.0 Å². The number of anilines is 1. The molecule has 126 valence electrons. The minimum absolute atomic E-state index is 0.166. The number of carbonyl (C=O) groups is 2. The SMILES string of the molecule is CCOC(=O)N1CCc2c(sc(N)c2C(=O)c2ccccc2Cl)C1. The van der Waals surface area contributed by atoms with Crippen LogP contribution >= 0.6 is 22.9 Å². The number of fused-ring (bicyclic) bond motifs is 1. The number of ether oxygens (including phenoxy) is 1. The summed E-state index contributed by atoms with van der Waals surface area (Å²) in [5, 5.41) is 0.876. The van der Waals surface area contributed by atoms with Gasteiger partial charge in [0.15, 0.2) is 5.78 Å². The van der Waals surface area contributed by atoms with Gasteiger partial charge >= 0.3 is 6.09 Å². The number of benzene rings is 1. The molecule has 0 aliphatic carbocycles. The van der Waals surface area contributed by atoms with Crippen molar-refractivity contribution in [3.8, 4) is 0 Å². The molecule has 1 aromatic heterocycles. The molecule has 0 atom stereocenters. The molecule has 5 nitrogen and oxygen atoms in total. The number of ketones is 1. The molecule has 2 N–H and O–H groups in total. The fourth-order valence-electron chi connectivity index (χ4n) is 2.82. The number of hydrogen-bond acceptors (Lipinski definition) is 5. The number of nitrogen functional groups attached to an aromatic ring is 1. The van der Waals surface area contributed by atoms with Gasteiger partial charge in [0.05, 0.1) is 28.7 Å². The van der Waals surface area contributed by atoms with Crippen LogP contribution in [0.4, 0.5) is 9.80 Å². The van der Waals surface area contributed by atoms with E-state index in [9.17, 15) is 9.59 Å². The van der Waals surface area contributed by atoms with Gasteiger partial charge < -0.3 is 15.4 Å². The highest BCUT2D eigenvalue weighted by Gasteiger charge is 2.30. The molecule has 0 saturated heterocycles. The monoisotopic (exact) mass is 364 g/mol. The van der Waals surface area contributed by atoms with E-state index in [1.54, 1.807) is 36.1 Å². The normalized spacial score (nSPS) is 13.5. The molecule has 0 radical (unpaired) electrons. The Hall–Kier alpha value is -2.05. The van der Waals surface area contributed by atoms with Crippen LogP contribution in [0.1, 0.15) is 33.3 Å². The number of halogens is 1. The first-order valence-electron chi connectivity index (χ1n) is 7.63. The second-order valence-electron chi connectivity index (χ2n) is 5.42. The number of hydrogen-bond donors (Lipinski definition) is 1. The molecule has 24 heavy (non-hydrogen) atoms. The Morgan fingerprint density at radius 3 is 2.83 bits per heavy atom. The smallest absolute Gasteiger partial charge is 0.410 e. The number of nitrogens with zero attached hydrogens (tertiary/aromatic N) is 1. The fourth-order valence-corrected chi connectivity index (χ4v) is 4.18. The number of carbonyl (C=O) groups excluding carboxylic acids is 2. The summed E-state index contributed by atoms with van der Waals surface area (Å²) >= 11 is 7.49. The van der Waals surface area contributed by atoms with Crippen LogP contribution in [0.15, 0.2) is 24.3 Å². The summed E-state index contributed by atoms with van der Waals surface area (Å²) in [6.07, 6.45) is 0.238. The first kappa shape index (κ1) is 16.8. The van der Waals surface area contributed by atoms with Crippen LogP contribution < -0.4 is 5.73 Å². The van der Waals surface area contributed by atoms with E-state index in [4.69, 9.17) is 22.1 Å². The lowest BCUT2D eigenvalue weighted by Crippen LogP contribution is -2.36. The highest BCUT2D eigenvalue weighted by molar-refractivity contribution is 7.16. The van der Waals surface area contributed by atoms with E-state index in [1.165, 1.54) is 11.3 Å². The third-order valence-electron chi connectivity index (χ3n) is 3.96. The number of thiophene rings is 1. The molecule has 7 heteroatoms. The molecule has 0 bridgehead atoms. The lowest BCUT2D eigenvalue weighted by Gasteiger charge is -2.26. The van der Waals surface area contributed by atoms with E-state index in [0.29, 0.717) is 47.3 Å². The second-order valence-corrected chi connectivity index (χ2v) is 6.97. The Balaban J connectivity index is 1.92. The van der Waals surface area contributed by atoms with Crippen LogP contribution in [-0.2, 0) is 17.7 Å². The van der Waals surface area contributed by atoms with Crippen LogP contribution in [-0.4, -0.2) is 29.9 Å². The molecule has 1 aliphatic rings. The average Bonchev–Trinajstić information content (AvgIpc) is 2.89. The van der Waals surface area contributed by atoms with Crippen molar-refractivity contribution in [1.29, 1.82) is 0 Å². The van der Waals surface area contributed by atoms with Gasteiger partial charge in [-0.3, -0.25) is 4.79 Å². The van der Waals surface area contributed by atoms with Crippen LogP contribution in [0.25, 0.3) is 0 Å². The van der Waals surface area contributed by atoms with Crippen molar-refractivity contribution >= 4 is 39.8 Å². The Morgan fingerprint density at radius 2 is 2.12 bits per heavy atom. The fraction of sp³-hybridized carbons (Fsp3) is 0.294. The molecule has 0 saturated carbocycles. The van der Waals surface area contributed by atoms with Gasteiger partial charge in [0.2, 0.25) is 0 Å². The first-order valence-corrected chi connectivity index (χ1v) is 8.83. The van der Waals surface area contributed by atoms with Crippen LogP contribution in [0.2, 0.25) is 5.02 Å². The Morgan fingerprint density at radius 1 is 1.38 bits per heavy atom. The van der Waals surface area contributed by atoms with Crippen LogP contribution in [0, 0.1) is 0 Å². The second kappa shape index (κ2) is 6.83. The van der Waals surface area contributed by atoms with Crippen molar-refractivity contribution in [2.24, 2.45) is 0 Å². The lowest BCUT2D eigenvalue weighted by molar-refractivity contribution is 0.102. The van der Waals surface area contributed by atoms with Crippen LogP contribution in [0.3, 0.4) is 0 Å². The minimum atomic E-state index is -0.339. The Bertz CT molecular complexity index is 803. The molecule has 3 rings (SSSR count). The number of nitrogens with two attached hydrogens (primary N) is 1. The quantitative estimate of drug-likeness (QED) is 0.842. The van der Waals surface area contributed by atoms with Crippen LogP contribution in [0.5, 0.6) is 0 Å². The standard InChI is InChI=1S/C17H17ClN2O3S/c1-2-23-17(22)20-8-7-11-13(9-20)24-16(19)14(11)15(21)10-5-3-4-6-12(10)18/h3-6H,2,7-9,19H2,1H3. The zero-order chi connectivity index (χ0) is 17.3. The van der Waals surface area contributed by atoms with Gasteiger partial charge in [-0.15, -0.1) is 11.3 Å². The van der Waals surface area contributed by atoms with E-state index in [2.05, 4.69) is 0 Å². The summed E-state index contributed by atoms with van der Waals surface area (Å²) in [6, 6.07) is 6.94. The summed E-state index contributed by atoms with van der Waals surface area (Å²) in [7, 11) is 0. The summed E-state index contributed by atoms with van der Waals surface area (Å²) in [5.41, 5.74) is 7.99. The van der Waals surface area contributed by atoms with E-state index in [0.717, 1.165) is 10.4 Å². The molecule has 2 heterocycles. The van der Waals surface area contributed by atoms with Crippen molar-refractivity contribution in [3.05, 3.63) is 50.9 Å². The van der Waals surface area contributed by atoms with Gasteiger partial charge in [-0.1, -0.05) is 23.7 Å². The zero-order valence-electron chi connectivity index (χ0n) is 13.2. The highest BCUT2D eigenvalue weighted by atomic mass is 35.5. The topological polar surface area (TPSA) is 72.6 Å². The summed E-state index contributed by atoms with van der Waals surface area (Å²) < 4.78 is 5.04.